The summed E-state index contributed by atoms with van der Waals surface area (Å²) < 4.78 is 0. The average molecular weight is 133 g/mol. The summed E-state index contributed by atoms with van der Waals surface area (Å²) in [6.45, 7) is 0. The van der Waals surface area contributed by atoms with Gasteiger partial charge < -0.3 is 0 Å². The van der Waals surface area contributed by atoms with Crippen LogP contribution in [0.5, 0.6) is 0 Å². The molecule has 0 saturated heterocycles. The summed E-state index contributed by atoms with van der Waals surface area (Å²) in [5.74, 6) is 0.922. The van der Waals surface area contributed by atoms with Crippen LogP contribution >= 0.6 is 0 Å². The second kappa shape index (κ2) is 2.37. The first-order valence-electron chi connectivity index (χ1n) is 3.62. The van der Waals surface area contributed by atoms with E-state index in [2.05, 4.69) is 16.3 Å². The van der Waals surface area contributed by atoms with Gasteiger partial charge in [0.05, 0.1) is 0 Å². The molecule has 10 heavy (non-hydrogen) atoms. The van der Waals surface area contributed by atoms with Crippen molar-refractivity contribution in [2.75, 3.05) is 0 Å². The molecule has 1 aromatic heterocycles. The maximum absolute atomic E-state index is 3.83. The minimum absolute atomic E-state index is 0.922. The molecule has 0 unspecified atom stereocenters. The van der Waals surface area contributed by atoms with Crippen LogP contribution < -0.4 is 0 Å². The summed E-state index contributed by atoms with van der Waals surface area (Å²) in [6.07, 6.45) is 10.2. The van der Waals surface area contributed by atoms with Crippen LogP contribution in [0.25, 0.3) is 0 Å². The summed E-state index contributed by atoms with van der Waals surface area (Å²) in [6, 6.07) is 0. The minimum Gasteiger partial charge on any atom is -0.234 e. The van der Waals surface area contributed by atoms with Gasteiger partial charge in [0.25, 0.3) is 0 Å². The first-order chi connectivity index (χ1) is 4.95. The van der Waals surface area contributed by atoms with E-state index in [-0.39, 0.29) is 0 Å². The van der Waals surface area contributed by atoms with E-state index < -0.39 is 0 Å². The molecule has 0 amide bonds. The second-order valence-electron chi connectivity index (χ2n) is 2.84. The third-order valence-corrected chi connectivity index (χ3v) is 1.80. The molecule has 1 fully saturated rings. The van der Waals surface area contributed by atoms with Crippen molar-refractivity contribution in [3.05, 3.63) is 24.3 Å². The van der Waals surface area contributed by atoms with Crippen molar-refractivity contribution in [3.63, 3.8) is 0 Å². The van der Waals surface area contributed by atoms with Gasteiger partial charge in [0, 0.05) is 12.4 Å². The highest BCUT2D eigenvalue weighted by molar-refractivity contribution is 5.04. The van der Waals surface area contributed by atoms with Gasteiger partial charge in [-0.25, -0.2) is 9.97 Å². The Kier molecular flexibility index (Phi) is 1.38. The normalized spacial score (nSPS) is 17.2. The standard InChI is InChI=1S/C8H9N2/c1-2-7(1)3-8-4-9-6-10-5-8/h4-5,7H,1-3H2. The van der Waals surface area contributed by atoms with Crippen LogP contribution in [-0.2, 0) is 6.42 Å². The highest BCUT2D eigenvalue weighted by Gasteiger charge is 2.21. The van der Waals surface area contributed by atoms with Crippen molar-refractivity contribution in [1.82, 2.24) is 9.97 Å². The lowest BCUT2D eigenvalue weighted by Crippen LogP contribution is -1.88. The lowest BCUT2D eigenvalue weighted by atomic mass is 10.2. The first kappa shape index (κ1) is 5.83. The summed E-state index contributed by atoms with van der Waals surface area (Å²) in [5, 5.41) is 0. The zero-order valence-electron chi connectivity index (χ0n) is 5.75. The summed E-state index contributed by atoms with van der Waals surface area (Å²) in [7, 11) is 0. The third kappa shape index (κ3) is 1.32. The Balaban J connectivity index is 2.03. The van der Waals surface area contributed by atoms with Gasteiger partial charge in [-0.05, 0) is 30.7 Å². The molecule has 0 spiro atoms. The van der Waals surface area contributed by atoms with Crippen molar-refractivity contribution in [2.24, 2.45) is 5.92 Å². The molecular formula is C8H9N2. The molecule has 1 aromatic rings. The topological polar surface area (TPSA) is 25.8 Å². The van der Waals surface area contributed by atoms with Gasteiger partial charge in [0.2, 0.25) is 0 Å². The van der Waals surface area contributed by atoms with E-state index in [0.717, 1.165) is 12.3 Å². The Labute approximate surface area is 60.3 Å². The van der Waals surface area contributed by atoms with Gasteiger partial charge in [-0.3, -0.25) is 0 Å². The lowest BCUT2D eigenvalue weighted by Gasteiger charge is -1.93. The van der Waals surface area contributed by atoms with E-state index >= 15 is 0 Å². The number of rotatable bonds is 2. The Hall–Kier alpha value is -0.920. The zero-order chi connectivity index (χ0) is 6.81. The Bertz CT molecular complexity index is 204. The maximum atomic E-state index is 3.83. The van der Waals surface area contributed by atoms with E-state index in [1.165, 1.54) is 18.4 Å². The van der Waals surface area contributed by atoms with Crippen LogP contribution in [0, 0.1) is 12.2 Å². The van der Waals surface area contributed by atoms with Crippen LogP contribution in [0.3, 0.4) is 0 Å². The molecule has 0 bridgehead atoms. The summed E-state index contributed by atoms with van der Waals surface area (Å²) in [5.41, 5.74) is 1.25. The van der Waals surface area contributed by atoms with Crippen LogP contribution in [-0.4, -0.2) is 9.97 Å². The molecule has 0 N–H and O–H groups in total. The predicted molar refractivity (Wildman–Crippen MR) is 37.3 cm³/mol. The molecule has 0 atom stereocenters. The largest absolute Gasteiger partial charge is 0.234 e. The molecule has 1 heterocycles. The molecule has 0 aromatic carbocycles. The van der Waals surface area contributed by atoms with Gasteiger partial charge in [0.1, 0.15) is 0 Å². The molecule has 1 aliphatic carbocycles. The number of aromatic nitrogens is 2. The van der Waals surface area contributed by atoms with Gasteiger partial charge in [-0.2, -0.15) is 0 Å². The quantitative estimate of drug-likeness (QED) is 0.606. The zero-order valence-corrected chi connectivity index (χ0v) is 5.75. The molecule has 1 aliphatic rings. The SMILES string of the molecule is [c]1ncc(CC2CC2)cn1. The van der Waals surface area contributed by atoms with E-state index in [0.29, 0.717) is 0 Å². The van der Waals surface area contributed by atoms with Gasteiger partial charge in [0.15, 0.2) is 6.33 Å². The van der Waals surface area contributed by atoms with Crippen LogP contribution in [0.4, 0.5) is 0 Å². The number of hydrogen-bond acceptors (Lipinski definition) is 2. The van der Waals surface area contributed by atoms with Crippen molar-refractivity contribution >= 4 is 0 Å². The van der Waals surface area contributed by atoms with E-state index in [1.54, 1.807) is 0 Å². The fourth-order valence-corrected chi connectivity index (χ4v) is 1.05. The van der Waals surface area contributed by atoms with Gasteiger partial charge in [-0.1, -0.05) is 0 Å². The Morgan fingerprint density at radius 1 is 1.40 bits per heavy atom. The number of hydrogen-bond donors (Lipinski definition) is 0. The summed E-state index contributed by atoms with van der Waals surface area (Å²) >= 11 is 0. The van der Waals surface area contributed by atoms with E-state index in [9.17, 15) is 0 Å². The Morgan fingerprint density at radius 2 is 2.10 bits per heavy atom. The Morgan fingerprint density at radius 3 is 2.70 bits per heavy atom. The smallest absolute Gasteiger partial charge is 0.197 e. The highest BCUT2D eigenvalue weighted by Crippen LogP contribution is 2.31. The van der Waals surface area contributed by atoms with Crippen LogP contribution in [0.15, 0.2) is 12.4 Å². The molecular weight excluding hydrogens is 124 g/mol. The maximum Gasteiger partial charge on any atom is 0.197 e. The average Bonchev–Trinajstić information content (AvgIpc) is 2.74. The number of nitrogens with zero attached hydrogens (tertiary/aromatic N) is 2. The molecule has 0 aliphatic heterocycles. The monoisotopic (exact) mass is 133 g/mol. The lowest BCUT2D eigenvalue weighted by molar-refractivity contribution is 0.819. The van der Waals surface area contributed by atoms with Crippen LogP contribution in [0.2, 0.25) is 0 Å². The molecule has 1 saturated carbocycles. The third-order valence-electron chi connectivity index (χ3n) is 1.80. The van der Waals surface area contributed by atoms with Crippen molar-refractivity contribution < 1.29 is 0 Å². The summed E-state index contributed by atoms with van der Waals surface area (Å²) in [4.78, 5) is 7.66. The highest BCUT2D eigenvalue weighted by atomic mass is 14.8. The van der Waals surface area contributed by atoms with Gasteiger partial charge >= 0.3 is 0 Å². The van der Waals surface area contributed by atoms with Crippen LogP contribution in [0.1, 0.15) is 18.4 Å². The predicted octanol–water partition coefficient (Wildman–Crippen LogP) is 1.23. The first-order valence-corrected chi connectivity index (χ1v) is 3.62. The molecule has 51 valence electrons. The van der Waals surface area contributed by atoms with Crippen molar-refractivity contribution in [2.45, 2.75) is 19.3 Å². The van der Waals surface area contributed by atoms with E-state index in [4.69, 9.17) is 0 Å². The van der Waals surface area contributed by atoms with Gasteiger partial charge in [-0.15, -0.1) is 0 Å². The fourth-order valence-electron chi connectivity index (χ4n) is 1.05. The molecule has 2 heteroatoms. The molecule has 2 rings (SSSR count). The fraction of sp³-hybridized carbons (Fsp3) is 0.500. The molecule has 2 nitrogen and oxygen atoms in total. The van der Waals surface area contributed by atoms with E-state index in [1.807, 2.05) is 12.4 Å². The molecule has 1 radical (unpaired) electrons. The second-order valence-corrected chi connectivity index (χ2v) is 2.84. The van der Waals surface area contributed by atoms with Crippen molar-refractivity contribution in [3.8, 4) is 0 Å². The minimum atomic E-state index is 0.922. The van der Waals surface area contributed by atoms with Crippen molar-refractivity contribution in [1.29, 1.82) is 0 Å².